The van der Waals surface area contributed by atoms with Gasteiger partial charge in [0.1, 0.15) is 5.01 Å². The maximum Gasteiger partial charge on any atom is 0.110 e. The Bertz CT molecular complexity index is 350. The number of ether oxygens (including phenoxy) is 1. The molecule has 0 spiro atoms. The largest absolute Gasteiger partial charge is 0.377 e. The summed E-state index contributed by atoms with van der Waals surface area (Å²) in [7, 11) is 0. The van der Waals surface area contributed by atoms with Gasteiger partial charge in [-0.25, -0.2) is 4.98 Å². The summed E-state index contributed by atoms with van der Waals surface area (Å²) in [5, 5.41) is 10.1. The number of aromatic nitrogens is 1. The molecule has 18 heavy (non-hydrogen) atoms. The quantitative estimate of drug-likeness (QED) is 0.774. The predicted octanol–water partition coefficient (Wildman–Crippen LogP) is 1.87. The van der Waals surface area contributed by atoms with Crippen LogP contribution in [-0.2, 0) is 4.74 Å². The van der Waals surface area contributed by atoms with Crippen molar-refractivity contribution < 1.29 is 4.74 Å². The van der Waals surface area contributed by atoms with Crippen molar-refractivity contribution in [2.75, 3.05) is 26.2 Å². The van der Waals surface area contributed by atoms with Crippen LogP contribution >= 0.6 is 11.3 Å². The van der Waals surface area contributed by atoms with Crippen LogP contribution in [0.1, 0.15) is 36.5 Å². The molecule has 1 aromatic heterocycles. The highest BCUT2D eigenvalue weighted by molar-refractivity contribution is 7.09. The summed E-state index contributed by atoms with van der Waals surface area (Å²) >= 11 is 1.72. The first-order valence-corrected chi connectivity index (χ1v) is 7.61. The van der Waals surface area contributed by atoms with Crippen molar-refractivity contribution in [2.24, 2.45) is 0 Å². The summed E-state index contributed by atoms with van der Waals surface area (Å²) in [4.78, 5) is 4.49. The van der Waals surface area contributed by atoms with Gasteiger partial charge in [-0.3, -0.25) is 0 Å². The minimum Gasteiger partial charge on any atom is -0.377 e. The van der Waals surface area contributed by atoms with E-state index in [0.29, 0.717) is 12.1 Å². The molecule has 0 amide bonds. The van der Waals surface area contributed by atoms with Crippen molar-refractivity contribution in [1.29, 1.82) is 0 Å². The molecule has 1 fully saturated rings. The third kappa shape index (κ3) is 4.31. The van der Waals surface area contributed by atoms with Crippen molar-refractivity contribution in [1.82, 2.24) is 15.6 Å². The SMILES string of the molecule is Cc1csc(C(C)NCCOC2CCNCC2)n1. The van der Waals surface area contributed by atoms with Crippen LogP contribution < -0.4 is 10.6 Å². The molecule has 1 unspecified atom stereocenters. The number of hydrogen-bond donors (Lipinski definition) is 2. The Hall–Kier alpha value is -0.490. The molecule has 4 nitrogen and oxygen atoms in total. The van der Waals surface area contributed by atoms with Gasteiger partial charge in [0.25, 0.3) is 0 Å². The summed E-state index contributed by atoms with van der Waals surface area (Å²) in [6, 6.07) is 0.320. The van der Waals surface area contributed by atoms with Crippen LogP contribution in [0.4, 0.5) is 0 Å². The van der Waals surface area contributed by atoms with Crippen molar-refractivity contribution >= 4 is 11.3 Å². The molecule has 0 saturated carbocycles. The molecule has 1 aliphatic heterocycles. The molecule has 0 bridgehead atoms. The van der Waals surface area contributed by atoms with Gasteiger partial charge in [-0.1, -0.05) is 0 Å². The maximum atomic E-state index is 5.85. The lowest BCUT2D eigenvalue weighted by molar-refractivity contribution is 0.0340. The van der Waals surface area contributed by atoms with Gasteiger partial charge in [-0.2, -0.15) is 0 Å². The second kappa shape index (κ2) is 7.19. The number of hydrogen-bond acceptors (Lipinski definition) is 5. The average Bonchev–Trinajstić information content (AvgIpc) is 2.82. The molecule has 2 heterocycles. The first-order valence-electron chi connectivity index (χ1n) is 6.73. The molecular weight excluding hydrogens is 246 g/mol. The van der Waals surface area contributed by atoms with Crippen molar-refractivity contribution in [3.05, 3.63) is 16.1 Å². The smallest absolute Gasteiger partial charge is 0.110 e. The van der Waals surface area contributed by atoms with Crippen molar-refractivity contribution in [3.63, 3.8) is 0 Å². The molecule has 1 saturated heterocycles. The van der Waals surface area contributed by atoms with E-state index in [2.05, 4.69) is 27.9 Å². The first kappa shape index (κ1) is 13.9. The zero-order valence-electron chi connectivity index (χ0n) is 11.2. The van der Waals surface area contributed by atoms with E-state index in [9.17, 15) is 0 Å². The van der Waals surface area contributed by atoms with Crippen LogP contribution in [0.25, 0.3) is 0 Å². The average molecular weight is 269 g/mol. The van der Waals surface area contributed by atoms with Crippen LogP contribution in [0.2, 0.25) is 0 Å². The summed E-state index contributed by atoms with van der Waals surface area (Å²) in [5.41, 5.74) is 1.11. The molecule has 1 atom stereocenters. The second-order valence-electron chi connectivity index (χ2n) is 4.82. The van der Waals surface area contributed by atoms with Crippen molar-refractivity contribution in [3.8, 4) is 0 Å². The minimum absolute atomic E-state index is 0.320. The highest BCUT2D eigenvalue weighted by atomic mass is 32.1. The second-order valence-corrected chi connectivity index (χ2v) is 5.71. The van der Waals surface area contributed by atoms with Crippen molar-refractivity contribution in [2.45, 2.75) is 38.8 Å². The highest BCUT2D eigenvalue weighted by Gasteiger charge is 2.13. The van der Waals surface area contributed by atoms with E-state index in [1.54, 1.807) is 11.3 Å². The molecule has 2 N–H and O–H groups in total. The van der Waals surface area contributed by atoms with Crippen LogP contribution in [0.5, 0.6) is 0 Å². The van der Waals surface area contributed by atoms with E-state index < -0.39 is 0 Å². The number of nitrogens with one attached hydrogen (secondary N) is 2. The van der Waals surface area contributed by atoms with E-state index >= 15 is 0 Å². The lowest BCUT2D eigenvalue weighted by atomic mass is 10.1. The standard InChI is InChI=1S/C13H23N3OS/c1-10-9-18-13(16-10)11(2)15-7-8-17-12-3-5-14-6-4-12/h9,11-12,14-15H,3-8H2,1-2H3. The molecule has 0 aliphatic carbocycles. The van der Waals surface area contributed by atoms with E-state index in [4.69, 9.17) is 4.74 Å². The Morgan fingerprint density at radius 1 is 1.56 bits per heavy atom. The lowest BCUT2D eigenvalue weighted by Crippen LogP contribution is -2.34. The van der Waals surface area contributed by atoms with Gasteiger partial charge < -0.3 is 15.4 Å². The molecule has 1 aromatic rings. The Labute approximate surface area is 113 Å². The van der Waals surface area contributed by atoms with Gasteiger partial charge in [-0.15, -0.1) is 11.3 Å². The van der Waals surface area contributed by atoms with Gasteiger partial charge in [0.05, 0.1) is 18.8 Å². The lowest BCUT2D eigenvalue weighted by Gasteiger charge is -2.23. The molecular formula is C13H23N3OS. The van der Waals surface area contributed by atoms with Gasteiger partial charge >= 0.3 is 0 Å². The summed E-state index contributed by atoms with van der Waals surface area (Å²) in [5.74, 6) is 0. The van der Waals surface area contributed by atoms with Gasteiger partial charge in [0.15, 0.2) is 0 Å². The van der Waals surface area contributed by atoms with Gasteiger partial charge in [0.2, 0.25) is 0 Å². The number of thiazole rings is 1. The Kier molecular flexibility index (Phi) is 5.56. The van der Waals surface area contributed by atoms with Crippen LogP contribution in [0.15, 0.2) is 5.38 Å². The summed E-state index contributed by atoms with van der Waals surface area (Å²) in [6.07, 6.45) is 2.73. The monoisotopic (exact) mass is 269 g/mol. The predicted molar refractivity (Wildman–Crippen MR) is 75.1 cm³/mol. The zero-order chi connectivity index (χ0) is 12.8. The normalized spacial score (nSPS) is 19.0. The van der Waals surface area contributed by atoms with E-state index in [1.807, 2.05) is 6.92 Å². The number of nitrogens with zero attached hydrogens (tertiary/aromatic N) is 1. The summed E-state index contributed by atoms with van der Waals surface area (Å²) < 4.78 is 5.85. The number of rotatable bonds is 6. The molecule has 102 valence electrons. The number of aryl methyl sites for hydroxylation is 1. The Morgan fingerprint density at radius 3 is 3.00 bits per heavy atom. The van der Waals surface area contributed by atoms with Gasteiger partial charge in [-0.05, 0) is 39.8 Å². The first-order chi connectivity index (χ1) is 8.75. The fourth-order valence-corrected chi connectivity index (χ4v) is 2.95. The Balaban J connectivity index is 1.60. The fraction of sp³-hybridized carbons (Fsp3) is 0.769. The van der Waals surface area contributed by atoms with Crippen LogP contribution in [0, 0.1) is 6.92 Å². The highest BCUT2D eigenvalue weighted by Crippen LogP contribution is 2.17. The minimum atomic E-state index is 0.320. The maximum absolute atomic E-state index is 5.85. The number of piperidine rings is 1. The van der Waals surface area contributed by atoms with Crippen LogP contribution in [0.3, 0.4) is 0 Å². The topological polar surface area (TPSA) is 46.2 Å². The van der Waals surface area contributed by atoms with E-state index in [1.165, 1.54) is 0 Å². The summed E-state index contributed by atoms with van der Waals surface area (Å²) in [6.45, 7) is 8.05. The molecule has 1 aliphatic rings. The van der Waals surface area contributed by atoms with Crippen LogP contribution in [-0.4, -0.2) is 37.3 Å². The third-order valence-corrected chi connectivity index (χ3v) is 4.34. The Morgan fingerprint density at radius 2 is 2.33 bits per heavy atom. The zero-order valence-corrected chi connectivity index (χ0v) is 12.1. The van der Waals surface area contributed by atoms with Gasteiger partial charge in [0, 0.05) is 17.6 Å². The molecule has 0 radical (unpaired) electrons. The van der Waals surface area contributed by atoms with E-state index in [0.717, 1.165) is 49.8 Å². The van der Waals surface area contributed by atoms with E-state index in [-0.39, 0.29) is 0 Å². The fourth-order valence-electron chi connectivity index (χ4n) is 2.12. The molecule has 5 heteroatoms. The third-order valence-electron chi connectivity index (χ3n) is 3.20. The molecule has 2 rings (SSSR count). The molecule has 0 aromatic carbocycles.